The number of phosphoric acid groups is 2. The summed E-state index contributed by atoms with van der Waals surface area (Å²) in [5.74, 6) is 0.125. The van der Waals surface area contributed by atoms with Gasteiger partial charge < -0.3 is 36.8 Å². The van der Waals surface area contributed by atoms with Crippen LogP contribution < -0.4 is 17.2 Å². The maximum Gasteiger partial charge on any atom is 0.478 e. The van der Waals surface area contributed by atoms with E-state index in [-0.39, 0.29) is 25.3 Å². The summed E-state index contributed by atoms with van der Waals surface area (Å²) in [5.41, 5.74) is 15.4. The second-order valence-corrected chi connectivity index (χ2v) is 5.09. The van der Waals surface area contributed by atoms with E-state index in [2.05, 4.69) is 19.3 Å². The van der Waals surface area contributed by atoms with E-state index in [1.54, 1.807) is 0 Å². The Morgan fingerprint density at radius 1 is 0.789 bits per heavy atom. The Morgan fingerprint density at radius 3 is 1.11 bits per heavy atom. The van der Waals surface area contributed by atoms with Crippen molar-refractivity contribution in [1.82, 2.24) is 15.0 Å². The van der Waals surface area contributed by atoms with Gasteiger partial charge >= 0.3 is 15.6 Å². The minimum Gasteiger partial charge on any atom is -0.368 e. The van der Waals surface area contributed by atoms with Gasteiger partial charge in [0, 0.05) is 0 Å². The van der Waals surface area contributed by atoms with Crippen LogP contribution in [-0.4, -0.2) is 34.5 Å². The molecule has 0 aliphatic heterocycles. The molecule has 0 amide bonds. The van der Waals surface area contributed by atoms with E-state index in [1.807, 2.05) is 0 Å². The maximum absolute atomic E-state index is 9.63. The van der Waals surface area contributed by atoms with Gasteiger partial charge in [0.15, 0.2) is 0 Å². The van der Waals surface area contributed by atoms with Crippen LogP contribution in [0.25, 0.3) is 0 Å². The van der Waals surface area contributed by atoms with Crippen LogP contribution in [0.2, 0.25) is 0 Å². The van der Waals surface area contributed by atoms with Crippen LogP contribution in [0.5, 0.6) is 0 Å². The second kappa shape index (κ2) is 7.31. The van der Waals surface area contributed by atoms with Gasteiger partial charge in [-0.15, -0.1) is 0 Å². The Balaban J connectivity index is 0. The molecule has 1 aromatic heterocycles. The molecule has 1 rings (SSSR count). The molecule has 19 heavy (non-hydrogen) atoms. The zero-order valence-corrected chi connectivity index (χ0v) is 10.3. The highest BCUT2D eigenvalue weighted by Gasteiger charge is 2.27. The van der Waals surface area contributed by atoms with Crippen LogP contribution >= 0.6 is 15.6 Å². The number of rotatable bonds is 2. The van der Waals surface area contributed by atoms with Gasteiger partial charge in [-0.25, -0.2) is 9.13 Å². The van der Waals surface area contributed by atoms with Crippen molar-refractivity contribution in [2.45, 2.75) is 7.43 Å². The van der Waals surface area contributed by atoms with Crippen molar-refractivity contribution in [1.29, 1.82) is 0 Å². The highest BCUT2D eigenvalue weighted by Crippen LogP contribution is 2.53. The van der Waals surface area contributed by atoms with Crippen molar-refractivity contribution in [2.24, 2.45) is 0 Å². The molecule has 10 N–H and O–H groups in total. The number of nitrogens with zero attached hydrogens (tertiary/aromatic N) is 3. The average molecular weight is 320 g/mol. The van der Waals surface area contributed by atoms with Crippen molar-refractivity contribution in [2.75, 3.05) is 17.2 Å². The number of nitrogen functional groups attached to an aromatic ring is 3. The zero-order valence-electron chi connectivity index (χ0n) is 8.48. The van der Waals surface area contributed by atoms with Crippen molar-refractivity contribution in [3.05, 3.63) is 0 Å². The quantitative estimate of drug-likeness (QED) is 0.305. The Hall–Kier alpha value is -1.33. The summed E-state index contributed by atoms with van der Waals surface area (Å²) >= 11 is 0. The normalized spacial score (nSPS) is 10.9. The second-order valence-electron chi connectivity index (χ2n) is 2.47. The van der Waals surface area contributed by atoms with Gasteiger partial charge in [-0.2, -0.15) is 19.3 Å². The summed E-state index contributed by atoms with van der Waals surface area (Å²) < 4.78 is 22.2. The fourth-order valence-electron chi connectivity index (χ4n) is 0.566. The van der Waals surface area contributed by atoms with Gasteiger partial charge in [0.1, 0.15) is 0 Å². The Kier molecular flexibility index (Phi) is 7.69. The number of anilines is 3. The molecule has 0 aliphatic rings. The van der Waals surface area contributed by atoms with Crippen LogP contribution in [0.3, 0.4) is 0 Å². The Morgan fingerprint density at radius 2 is 1.00 bits per heavy atom. The summed E-state index contributed by atoms with van der Waals surface area (Å²) in [6.45, 7) is 0. The Bertz CT molecular complexity index is 428. The lowest BCUT2D eigenvalue weighted by molar-refractivity contribution is 0.225. The van der Waals surface area contributed by atoms with E-state index in [0.29, 0.717) is 0 Å². The van der Waals surface area contributed by atoms with Gasteiger partial charge in [-0.05, 0) is 0 Å². The molecule has 0 aliphatic carbocycles. The molecule has 0 bridgehead atoms. The fourth-order valence-corrected chi connectivity index (χ4v) is 1.67. The van der Waals surface area contributed by atoms with E-state index in [1.165, 1.54) is 0 Å². The highest BCUT2D eigenvalue weighted by molar-refractivity contribution is 7.60. The van der Waals surface area contributed by atoms with Crippen LogP contribution in [0.4, 0.5) is 17.8 Å². The molecule has 112 valence electrons. The fraction of sp³-hybridized carbons (Fsp3) is 0.250. The number of nitrogens with two attached hydrogens (primary N) is 3. The summed E-state index contributed by atoms with van der Waals surface area (Å²) in [6.07, 6.45) is 0. The van der Waals surface area contributed by atoms with Crippen LogP contribution in [0.15, 0.2) is 0 Å². The third kappa shape index (κ3) is 12.9. The van der Waals surface area contributed by atoms with E-state index in [0.717, 1.165) is 0 Å². The largest absolute Gasteiger partial charge is 0.478 e. The first kappa shape index (κ1) is 20.0. The summed E-state index contributed by atoms with van der Waals surface area (Å²) in [4.78, 5) is 41.5. The lowest BCUT2D eigenvalue weighted by atomic mass is 10.9. The average Bonchev–Trinajstić information content (AvgIpc) is 1.92. The topological polar surface area (TPSA) is 241 Å². The molecule has 0 unspecified atom stereocenters. The predicted octanol–water partition coefficient (Wildman–Crippen LogP) is -1.56. The molecule has 0 spiro atoms. The molecule has 0 saturated carbocycles. The number of aromatic nitrogens is 3. The lowest BCUT2D eigenvalue weighted by Gasteiger charge is -2.03. The van der Waals surface area contributed by atoms with Crippen molar-refractivity contribution in [3.63, 3.8) is 0 Å². The predicted molar refractivity (Wildman–Crippen MR) is 65.0 cm³/mol. The molecule has 13 nitrogen and oxygen atoms in total. The van der Waals surface area contributed by atoms with Crippen molar-refractivity contribution < 1.29 is 33.0 Å². The number of hydrogen-bond donors (Lipinski definition) is 7. The minimum atomic E-state index is -5.05. The monoisotopic (exact) mass is 320 g/mol. The van der Waals surface area contributed by atoms with Crippen LogP contribution in [0, 0.1) is 0 Å². The highest BCUT2D eigenvalue weighted by atomic mass is 31.3. The minimum absolute atomic E-state index is 0. The molecule has 0 saturated heterocycles. The van der Waals surface area contributed by atoms with E-state index < -0.39 is 15.6 Å². The van der Waals surface area contributed by atoms with Gasteiger partial charge in [-0.1, -0.05) is 7.43 Å². The van der Waals surface area contributed by atoms with Gasteiger partial charge in [0.2, 0.25) is 17.8 Å². The van der Waals surface area contributed by atoms with E-state index in [9.17, 15) is 9.13 Å². The first-order chi connectivity index (χ1) is 7.89. The summed E-state index contributed by atoms with van der Waals surface area (Å²) in [7, 11) is -10.1. The summed E-state index contributed by atoms with van der Waals surface area (Å²) in [5, 5.41) is 0. The van der Waals surface area contributed by atoms with E-state index in [4.69, 9.17) is 36.8 Å². The zero-order chi connectivity index (χ0) is 14.6. The first-order valence-electron chi connectivity index (χ1n) is 3.74. The van der Waals surface area contributed by atoms with Crippen LogP contribution in [0.1, 0.15) is 7.43 Å². The van der Waals surface area contributed by atoms with Crippen molar-refractivity contribution >= 4 is 33.5 Å². The molecule has 1 aromatic rings. The standard InChI is InChI=1S/C3H6N6.CH4.H4O7P2/c4-1-7-2(5)9-3(6)8-1;;1-8(2,3)7-9(4,5)6/h(H6,4,5,6,7,8,9);1H4;(H2,1,2,3)(H2,4,5,6). The van der Waals surface area contributed by atoms with Crippen molar-refractivity contribution in [3.8, 4) is 0 Å². The third-order valence-electron chi connectivity index (χ3n) is 0.900. The Labute approximate surface area is 107 Å². The molecule has 0 atom stereocenters. The first-order valence-corrected chi connectivity index (χ1v) is 6.80. The van der Waals surface area contributed by atoms with Gasteiger partial charge in [-0.3, -0.25) is 0 Å². The molecule has 15 heteroatoms. The van der Waals surface area contributed by atoms with E-state index >= 15 is 0 Å². The molecule has 1 heterocycles. The molecular weight excluding hydrogens is 306 g/mol. The van der Waals surface area contributed by atoms with Gasteiger partial charge in [0.25, 0.3) is 0 Å². The van der Waals surface area contributed by atoms with Crippen LogP contribution in [-0.2, 0) is 13.4 Å². The molecular formula is C4H14N6O7P2. The SMILES string of the molecule is C.Nc1nc(N)nc(N)n1.O=P(O)(O)OP(=O)(O)O. The number of hydrogen-bond acceptors (Lipinski definition) is 9. The molecule has 0 fully saturated rings. The van der Waals surface area contributed by atoms with Gasteiger partial charge in [0.05, 0.1) is 0 Å². The summed E-state index contributed by atoms with van der Waals surface area (Å²) in [6, 6.07) is 0. The lowest BCUT2D eigenvalue weighted by Crippen LogP contribution is -2.05. The maximum atomic E-state index is 9.63. The smallest absolute Gasteiger partial charge is 0.368 e. The molecule has 0 radical (unpaired) electrons. The molecule has 0 aromatic carbocycles. The third-order valence-corrected chi connectivity index (χ3v) is 2.60.